The van der Waals surface area contributed by atoms with Gasteiger partial charge >= 0.3 is 0 Å². The monoisotopic (exact) mass is 756 g/mol. The van der Waals surface area contributed by atoms with E-state index in [0.717, 1.165) is 68.2 Å². The first-order valence-corrected chi connectivity index (χ1v) is 19.0. The van der Waals surface area contributed by atoms with Crippen LogP contribution in [-0.2, 0) is 12.8 Å². The van der Waals surface area contributed by atoms with E-state index in [0.29, 0.717) is 21.7 Å². The van der Waals surface area contributed by atoms with Gasteiger partial charge in [-0.3, -0.25) is 0 Å². The molecule has 0 amide bonds. The molecule has 0 aliphatic heterocycles. The molecule has 7 N–H and O–H groups in total. The molecule has 6 saturated carbocycles. The summed E-state index contributed by atoms with van der Waals surface area (Å²) in [5.74, 6) is 0.661. The van der Waals surface area contributed by atoms with Gasteiger partial charge in [0.05, 0.1) is 33.8 Å². The van der Waals surface area contributed by atoms with Crippen molar-refractivity contribution < 1.29 is 0 Å². The van der Waals surface area contributed by atoms with Gasteiger partial charge in [0.1, 0.15) is 0 Å². The van der Waals surface area contributed by atoms with Crippen LogP contribution in [0.1, 0.15) is 105 Å². The van der Waals surface area contributed by atoms with Crippen LogP contribution in [0.2, 0.25) is 15.3 Å². The van der Waals surface area contributed by atoms with E-state index in [2.05, 4.69) is 68.8 Å². The lowest BCUT2D eigenvalue weighted by Crippen LogP contribution is -2.69. The van der Waals surface area contributed by atoms with Crippen molar-refractivity contribution in [3.05, 3.63) is 122 Å². The fourth-order valence-electron chi connectivity index (χ4n) is 9.48. The second-order valence-electron chi connectivity index (χ2n) is 15.6. The number of hydrogen-bond acceptors (Lipinski definition) is 8. The molecule has 12 rings (SSSR count). The molecular formula is C41H47Cl3N8. The Hall–Kier alpha value is -3.37. The van der Waals surface area contributed by atoms with Crippen molar-refractivity contribution in [2.45, 2.75) is 107 Å². The van der Waals surface area contributed by atoms with Crippen molar-refractivity contribution in [3.63, 3.8) is 0 Å². The highest BCUT2D eigenvalue weighted by atomic mass is 35.5. The first-order valence-electron chi connectivity index (χ1n) is 17.9. The summed E-state index contributed by atoms with van der Waals surface area (Å²) in [6, 6.07) is 16.6. The third-order valence-corrected chi connectivity index (χ3v) is 12.2. The minimum atomic E-state index is 0. The van der Waals surface area contributed by atoms with E-state index in [4.69, 9.17) is 57.0 Å². The molecule has 11 heteroatoms. The first-order chi connectivity index (χ1) is 24.4. The van der Waals surface area contributed by atoms with Crippen LogP contribution < -0.4 is 22.5 Å². The molecule has 2 aromatic carbocycles. The number of allylic oxidation sites excluding steroid dienone is 2. The second kappa shape index (κ2) is 14.1. The predicted octanol–water partition coefficient (Wildman–Crippen LogP) is 8.71. The lowest BCUT2D eigenvalue weighted by atomic mass is 9.55. The van der Waals surface area contributed by atoms with Gasteiger partial charge in [0.2, 0.25) is 11.2 Å². The molecule has 0 spiro atoms. The maximum atomic E-state index is 6.44. The molecule has 0 radical (unpaired) electrons. The molecular weight excluding hydrogens is 711 g/mol. The zero-order valence-electron chi connectivity index (χ0n) is 28.6. The molecule has 2 heterocycles. The molecule has 4 bridgehead atoms. The molecule has 8 aliphatic rings. The number of hydrogen-bond donors (Lipinski definition) is 4. The van der Waals surface area contributed by atoms with E-state index in [9.17, 15) is 0 Å². The van der Waals surface area contributed by atoms with Gasteiger partial charge in [-0.15, -0.1) is 0 Å². The smallest absolute Gasteiger partial charge is 0.223 e. The fraction of sp³-hybridized carbons (Fsp3) is 0.415. The molecule has 4 aromatic rings. The number of nitrogens with zero attached hydrogens (tertiary/aromatic N) is 4. The van der Waals surface area contributed by atoms with E-state index in [1.807, 2.05) is 12.1 Å². The average Bonchev–Trinajstić information content (AvgIpc) is 3.71. The third-order valence-electron chi connectivity index (χ3n) is 11.5. The summed E-state index contributed by atoms with van der Waals surface area (Å²) in [6.45, 7) is 0. The largest absolute Gasteiger partial charge is 0.349 e. The zero-order valence-corrected chi connectivity index (χ0v) is 30.8. The lowest BCUT2D eigenvalue weighted by Gasteiger charge is -2.59. The van der Waals surface area contributed by atoms with Crippen molar-refractivity contribution in [1.82, 2.24) is 19.9 Å². The number of benzene rings is 2. The van der Waals surface area contributed by atoms with Crippen LogP contribution in [0, 0.1) is 0 Å². The van der Waals surface area contributed by atoms with Crippen molar-refractivity contribution in [2.75, 3.05) is 5.32 Å². The Bertz CT molecular complexity index is 2030. The van der Waals surface area contributed by atoms with Gasteiger partial charge in [0.15, 0.2) is 0 Å². The van der Waals surface area contributed by atoms with Crippen LogP contribution in [0.15, 0.2) is 73.1 Å². The molecule has 8 aliphatic carbocycles. The Labute approximate surface area is 321 Å². The summed E-state index contributed by atoms with van der Waals surface area (Å²) in [7, 11) is 0. The van der Waals surface area contributed by atoms with Gasteiger partial charge in [0.25, 0.3) is 0 Å². The molecule has 6 fully saturated rings. The van der Waals surface area contributed by atoms with E-state index < -0.39 is 0 Å². The standard InChI is InChI=1S/C20H21ClN4.C13H8Cl2N2.C7H14N2.CH4/c21-16-10-23-18(25-20-9-3-8-19(22,11-20)12-20)24-17(16)15-7-6-13-4-1-2-5-14(13)15;14-11-7-16-13(15)17-12(11)10-6-5-8-3-1-2-4-9(8)10;8-6-2-1-3-7(9,4-6)5-6;/h1-2,4-5,7,10H,3,6,8-9,11-12,22H2,(H,23,24,25);1-4,6-7H,5H2;1-5,8-9H2;1H4. The van der Waals surface area contributed by atoms with Gasteiger partial charge in [-0.1, -0.05) is 91.3 Å². The van der Waals surface area contributed by atoms with Crippen LogP contribution in [0.25, 0.3) is 11.1 Å². The van der Waals surface area contributed by atoms with E-state index in [1.54, 1.807) is 6.20 Å². The molecule has 2 aromatic heterocycles. The first kappa shape index (κ1) is 37.0. The van der Waals surface area contributed by atoms with Crippen LogP contribution >= 0.6 is 34.8 Å². The topological polar surface area (TPSA) is 142 Å². The summed E-state index contributed by atoms with van der Waals surface area (Å²) >= 11 is 18.4. The lowest BCUT2D eigenvalue weighted by molar-refractivity contribution is 0.0466. The van der Waals surface area contributed by atoms with Crippen molar-refractivity contribution in [1.29, 1.82) is 0 Å². The summed E-state index contributed by atoms with van der Waals surface area (Å²) in [6.07, 6.45) is 20.6. The Balaban J connectivity index is 0.000000134. The van der Waals surface area contributed by atoms with Crippen LogP contribution in [0.3, 0.4) is 0 Å². The van der Waals surface area contributed by atoms with Crippen molar-refractivity contribution in [2.24, 2.45) is 17.2 Å². The van der Waals surface area contributed by atoms with Gasteiger partial charge in [-0.05, 0) is 111 Å². The average molecular weight is 758 g/mol. The summed E-state index contributed by atoms with van der Waals surface area (Å²) < 4.78 is 0. The fourth-order valence-corrected chi connectivity index (χ4v) is 10.00. The molecule has 0 unspecified atom stereocenters. The highest BCUT2D eigenvalue weighted by Gasteiger charge is 2.55. The Morgan fingerprint density at radius 2 is 1.08 bits per heavy atom. The molecule has 8 nitrogen and oxygen atoms in total. The van der Waals surface area contributed by atoms with E-state index in [-0.39, 0.29) is 34.9 Å². The number of nitrogens with two attached hydrogens (primary N) is 3. The molecule has 52 heavy (non-hydrogen) atoms. The Morgan fingerprint density at radius 1 is 0.596 bits per heavy atom. The number of fused-ring (bicyclic) bond motifs is 6. The minimum absolute atomic E-state index is 0. The molecule has 0 saturated heterocycles. The van der Waals surface area contributed by atoms with E-state index >= 15 is 0 Å². The van der Waals surface area contributed by atoms with Gasteiger partial charge < -0.3 is 22.5 Å². The number of anilines is 1. The van der Waals surface area contributed by atoms with Gasteiger partial charge in [0, 0.05) is 33.3 Å². The Kier molecular flexibility index (Phi) is 10.0. The number of nitrogens with one attached hydrogen (secondary N) is 1. The normalized spacial score (nSPS) is 28.4. The van der Waals surface area contributed by atoms with Gasteiger partial charge in [-0.2, -0.15) is 0 Å². The van der Waals surface area contributed by atoms with Crippen molar-refractivity contribution >= 4 is 51.9 Å². The second-order valence-corrected chi connectivity index (χ2v) is 16.7. The number of halogens is 3. The zero-order chi connectivity index (χ0) is 35.4. The van der Waals surface area contributed by atoms with Gasteiger partial charge in [-0.25, -0.2) is 19.9 Å². The highest BCUT2D eigenvalue weighted by molar-refractivity contribution is 6.33. The summed E-state index contributed by atoms with van der Waals surface area (Å²) in [5, 5.41) is 4.91. The maximum absolute atomic E-state index is 6.44. The minimum Gasteiger partial charge on any atom is -0.349 e. The van der Waals surface area contributed by atoms with Crippen LogP contribution in [-0.4, -0.2) is 42.1 Å². The summed E-state index contributed by atoms with van der Waals surface area (Å²) in [5.41, 5.74) is 27.3. The SMILES string of the molecule is C.Clc1ncc(Cl)c(C2=CCc3ccccc32)n1.NC12CCCC(N)(C1)C2.NC12CCCC(Nc3ncc(Cl)c(C4=CCc5ccccc54)n3)(C1)C2. The third kappa shape index (κ3) is 7.26. The van der Waals surface area contributed by atoms with E-state index in [1.165, 1.54) is 54.1 Å². The highest BCUT2D eigenvalue weighted by Crippen LogP contribution is 2.52. The number of aromatic nitrogens is 4. The molecule has 272 valence electrons. The number of rotatable bonds is 4. The molecule has 0 atom stereocenters. The quantitative estimate of drug-likeness (QED) is 0.152. The van der Waals surface area contributed by atoms with Crippen LogP contribution in [0.5, 0.6) is 0 Å². The van der Waals surface area contributed by atoms with Crippen LogP contribution in [0.4, 0.5) is 5.95 Å². The predicted molar refractivity (Wildman–Crippen MR) is 214 cm³/mol. The Morgan fingerprint density at radius 3 is 1.60 bits per heavy atom. The summed E-state index contributed by atoms with van der Waals surface area (Å²) in [4.78, 5) is 17.3. The maximum Gasteiger partial charge on any atom is 0.223 e. The van der Waals surface area contributed by atoms with Crippen molar-refractivity contribution in [3.8, 4) is 0 Å².